The largest absolute Gasteiger partial charge is 0.374 e. The van der Waals surface area contributed by atoms with E-state index in [2.05, 4.69) is 11.9 Å². The highest BCUT2D eigenvalue weighted by Gasteiger charge is 2.37. The first-order valence-electron chi connectivity index (χ1n) is 8.58. The number of unbranched alkanes of at least 4 members (excludes halogenated alkanes) is 1. The molecule has 144 valence electrons. The average molecular weight is 383 g/mol. The molecule has 0 aromatic heterocycles. The molecule has 1 heterocycles. The average Bonchev–Trinajstić information content (AvgIpc) is 2.65. The van der Waals surface area contributed by atoms with Crippen molar-refractivity contribution in [1.82, 2.24) is 9.62 Å². The Morgan fingerprint density at radius 1 is 1.50 bits per heavy atom. The number of ether oxygens (including phenoxy) is 1. The maximum absolute atomic E-state index is 13.3. The van der Waals surface area contributed by atoms with Gasteiger partial charge < -0.3 is 10.1 Å². The van der Waals surface area contributed by atoms with E-state index >= 15 is 0 Å². The van der Waals surface area contributed by atoms with E-state index in [1.165, 1.54) is 28.6 Å². The summed E-state index contributed by atoms with van der Waals surface area (Å²) in [5.41, 5.74) is -0.420. The molecule has 0 aliphatic carbocycles. The van der Waals surface area contributed by atoms with Gasteiger partial charge in [-0.1, -0.05) is 18.2 Å². The Hall–Kier alpha value is -1.81. The van der Waals surface area contributed by atoms with Gasteiger partial charge in [-0.05, 0) is 25.8 Å². The molecule has 0 bridgehead atoms. The smallest absolute Gasteiger partial charge is 0.289 e. The molecular weight excluding hydrogens is 358 g/mol. The van der Waals surface area contributed by atoms with Crippen LogP contribution in [0, 0.1) is 10.1 Å². The van der Waals surface area contributed by atoms with Crippen LogP contribution in [0.15, 0.2) is 41.8 Å². The second-order valence-electron chi connectivity index (χ2n) is 6.13. The number of para-hydroxylation sites is 1. The number of nitro groups is 1. The predicted molar refractivity (Wildman–Crippen MR) is 98.5 cm³/mol. The van der Waals surface area contributed by atoms with E-state index in [0.717, 1.165) is 6.54 Å². The summed E-state index contributed by atoms with van der Waals surface area (Å²) in [5.74, 6) is 0. The van der Waals surface area contributed by atoms with Crippen LogP contribution >= 0.6 is 0 Å². The minimum atomic E-state index is -4.06. The molecule has 8 nitrogen and oxygen atoms in total. The fourth-order valence-corrected chi connectivity index (χ4v) is 4.82. The Balaban J connectivity index is 2.39. The molecule has 1 aliphatic rings. The van der Waals surface area contributed by atoms with Crippen LogP contribution in [-0.2, 0) is 14.8 Å². The van der Waals surface area contributed by atoms with Crippen molar-refractivity contribution in [2.75, 3.05) is 26.2 Å². The van der Waals surface area contributed by atoms with Gasteiger partial charge in [-0.15, -0.1) is 6.58 Å². The molecule has 1 fully saturated rings. The molecule has 1 N–H and O–H groups in total. The molecule has 0 amide bonds. The van der Waals surface area contributed by atoms with Crippen LogP contribution in [0.4, 0.5) is 5.69 Å². The third-order valence-electron chi connectivity index (χ3n) is 4.38. The lowest BCUT2D eigenvalue weighted by atomic mass is 10.1. The van der Waals surface area contributed by atoms with Gasteiger partial charge in [0.25, 0.3) is 5.69 Å². The number of nitrogens with zero attached hydrogens (tertiary/aromatic N) is 2. The normalized spacial score (nSPS) is 19.2. The first-order valence-corrected chi connectivity index (χ1v) is 10.0. The fourth-order valence-electron chi connectivity index (χ4n) is 2.97. The lowest BCUT2D eigenvalue weighted by molar-refractivity contribution is -0.387. The molecule has 2 unspecified atom stereocenters. The first-order chi connectivity index (χ1) is 12.4. The molecule has 0 radical (unpaired) electrons. The van der Waals surface area contributed by atoms with Crippen molar-refractivity contribution in [3.8, 4) is 0 Å². The van der Waals surface area contributed by atoms with Crippen LogP contribution in [0.5, 0.6) is 0 Å². The van der Waals surface area contributed by atoms with E-state index in [-0.39, 0.29) is 17.5 Å². The number of hydrogen-bond donors (Lipinski definition) is 1. The van der Waals surface area contributed by atoms with E-state index in [0.29, 0.717) is 26.0 Å². The van der Waals surface area contributed by atoms with Gasteiger partial charge in [0.1, 0.15) is 0 Å². The van der Waals surface area contributed by atoms with Crippen LogP contribution < -0.4 is 5.32 Å². The zero-order chi connectivity index (χ0) is 19.2. The molecule has 1 saturated heterocycles. The molecule has 1 aromatic carbocycles. The van der Waals surface area contributed by atoms with Crippen molar-refractivity contribution < 1.29 is 18.1 Å². The summed E-state index contributed by atoms with van der Waals surface area (Å²) in [5, 5.41) is 14.5. The molecule has 0 spiro atoms. The van der Waals surface area contributed by atoms with E-state index in [9.17, 15) is 18.5 Å². The van der Waals surface area contributed by atoms with Crippen LogP contribution in [0.1, 0.15) is 19.8 Å². The maximum Gasteiger partial charge on any atom is 0.289 e. The fraction of sp³-hybridized carbons (Fsp3) is 0.529. The zero-order valence-corrected chi connectivity index (χ0v) is 15.7. The summed E-state index contributed by atoms with van der Waals surface area (Å²) in [7, 11) is -4.06. The molecule has 2 rings (SSSR count). The maximum atomic E-state index is 13.3. The first kappa shape index (κ1) is 20.5. The second kappa shape index (κ2) is 9.22. The number of sulfonamides is 1. The van der Waals surface area contributed by atoms with Gasteiger partial charge in [-0.2, -0.15) is 4.31 Å². The van der Waals surface area contributed by atoms with Gasteiger partial charge in [-0.3, -0.25) is 10.1 Å². The van der Waals surface area contributed by atoms with Crippen LogP contribution in [0.2, 0.25) is 0 Å². The molecule has 1 aromatic rings. The van der Waals surface area contributed by atoms with Crippen molar-refractivity contribution >= 4 is 15.7 Å². The quantitative estimate of drug-likeness (QED) is 0.303. The summed E-state index contributed by atoms with van der Waals surface area (Å²) in [6.07, 6.45) is 2.64. The highest BCUT2D eigenvalue weighted by molar-refractivity contribution is 7.89. The molecule has 1 aliphatic heterocycles. The molecule has 2 atom stereocenters. The van der Waals surface area contributed by atoms with Gasteiger partial charge in [-0.25, -0.2) is 8.42 Å². The molecule has 26 heavy (non-hydrogen) atoms. The van der Waals surface area contributed by atoms with Crippen molar-refractivity contribution in [3.05, 3.63) is 47.0 Å². The number of rotatable bonds is 9. The number of allylic oxidation sites excluding steroid dienone is 1. The van der Waals surface area contributed by atoms with Crippen LogP contribution in [0.25, 0.3) is 0 Å². The predicted octanol–water partition coefficient (Wildman–Crippen LogP) is 1.93. The van der Waals surface area contributed by atoms with Gasteiger partial charge in [0.2, 0.25) is 10.0 Å². The van der Waals surface area contributed by atoms with Crippen molar-refractivity contribution in [1.29, 1.82) is 0 Å². The van der Waals surface area contributed by atoms with E-state index in [1.54, 1.807) is 13.0 Å². The Labute approximate surface area is 154 Å². The van der Waals surface area contributed by atoms with Gasteiger partial charge in [0, 0.05) is 31.7 Å². The van der Waals surface area contributed by atoms with Crippen LogP contribution in [0.3, 0.4) is 0 Å². The molecular formula is C17H25N3O5S. The minimum absolute atomic E-state index is 0.238. The Morgan fingerprint density at radius 2 is 2.23 bits per heavy atom. The number of hydrogen-bond acceptors (Lipinski definition) is 6. The lowest BCUT2D eigenvalue weighted by Gasteiger charge is -2.35. The summed E-state index contributed by atoms with van der Waals surface area (Å²) in [6.45, 7) is 7.42. The highest BCUT2D eigenvalue weighted by Crippen LogP contribution is 2.29. The summed E-state index contributed by atoms with van der Waals surface area (Å²) >= 11 is 0. The Kier molecular flexibility index (Phi) is 7.27. The van der Waals surface area contributed by atoms with Gasteiger partial charge in [0.15, 0.2) is 4.90 Å². The topological polar surface area (TPSA) is 102 Å². The lowest BCUT2D eigenvalue weighted by Crippen LogP contribution is -2.52. The summed E-state index contributed by atoms with van der Waals surface area (Å²) < 4.78 is 33.5. The zero-order valence-electron chi connectivity index (χ0n) is 14.8. The molecule has 9 heteroatoms. The second-order valence-corrected chi connectivity index (χ2v) is 7.98. The van der Waals surface area contributed by atoms with Crippen molar-refractivity contribution in [2.24, 2.45) is 0 Å². The molecule has 0 saturated carbocycles. The minimum Gasteiger partial charge on any atom is -0.374 e. The van der Waals surface area contributed by atoms with Gasteiger partial charge in [0.05, 0.1) is 17.6 Å². The SMILES string of the molecule is C=CCCCN(C(C)C1CNCCO1)S(=O)(=O)c1ccccc1[N+](=O)[O-]. The van der Waals surface area contributed by atoms with Gasteiger partial charge >= 0.3 is 0 Å². The van der Waals surface area contributed by atoms with E-state index < -0.39 is 26.7 Å². The Morgan fingerprint density at radius 3 is 2.85 bits per heavy atom. The highest BCUT2D eigenvalue weighted by atomic mass is 32.2. The number of benzene rings is 1. The van der Waals surface area contributed by atoms with Crippen LogP contribution in [-0.4, -0.2) is 56.0 Å². The third kappa shape index (κ3) is 4.67. The monoisotopic (exact) mass is 383 g/mol. The number of morpholine rings is 1. The number of nitrogens with one attached hydrogen (secondary N) is 1. The standard InChI is InChI=1S/C17H25N3O5S/c1-3-4-7-11-19(14(2)16-13-18-10-12-25-16)26(23,24)17-9-6-5-8-15(17)20(21)22/h3,5-6,8-9,14,16,18H,1,4,7,10-13H2,2H3. The van der Waals surface area contributed by atoms with Crippen molar-refractivity contribution in [3.63, 3.8) is 0 Å². The van der Waals surface area contributed by atoms with E-state index in [4.69, 9.17) is 4.74 Å². The number of nitro benzene ring substituents is 1. The van der Waals surface area contributed by atoms with Crippen molar-refractivity contribution in [2.45, 2.75) is 36.8 Å². The third-order valence-corrected chi connectivity index (χ3v) is 6.42. The summed E-state index contributed by atoms with van der Waals surface area (Å²) in [4.78, 5) is 10.3. The summed E-state index contributed by atoms with van der Waals surface area (Å²) in [6, 6.07) is 4.97. The Bertz CT molecular complexity index is 732. The van der Waals surface area contributed by atoms with E-state index in [1.807, 2.05) is 0 Å².